The molecule has 1 aromatic heterocycles. The summed E-state index contributed by atoms with van der Waals surface area (Å²) in [7, 11) is 1.58. The minimum atomic E-state index is -0.0544. The molecule has 2 atom stereocenters. The van der Waals surface area contributed by atoms with Crippen LogP contribution in [-0.2, 0) is 11.3 Å². The maximum Gasteiger partial charge on any atom is 0.224 e. The molecule has 5 nitrogen and oxygen atoms in total. The molecule has 1 heterocycles. The van der Waals surface area contributed by atoms with E-state index in [1.54, 1.807) is 13.3 Å². The fourth-order valence-corrected chi connectivity index (χ4v) is 2.65. The highest BCUT2D eigenvalue weighted by Crippen LogP contribution is 2.22. The number of methoxy groups -OCH3 is 1. The molecule has 1 aromatic rings. The summed E-state index contributed by atoms with van der Waals surface area (Å²) in [5, 5.41) is 2.98. The smallest absolute Gasteiger partial charge is 0.224 e. The second-order valence-electron chi connectivity index (χ2n) is 5.33. The van der Waals surface area contributed by atoms with Gasteiger partial charge >= 0.3 is 0 Å². The van der Waals surface area contributed by atoms with Crippen LogP contribution in [0.1, 0.15) is 37.7 Å². The van der Waals surface area contributed by atoms with E-state index in [-0.39, 0.29) is 17.9 Å². The Morgan fingerprint density at radius 2 is 2.25 bits per heavy atom. The molecule has 1 fully saturated rings. The second-order valence-corrected chi connectivity index (χ2v) is 5.33. The van der Waals surface area contributed by atoms with Crippen LogP contribution < -0.4 is 15.8 Å². The number of nitrogens with one attached hydrogen (secondary N) is 1. The Morgan fingerprint density at radius 1 is 1.45 bits per heavy atom. The Kier molecular flexibility index (Phi) is 5.35. The number of hydrogen-bond donors (Lipinski definition) is 2. The van der Waals surface area contributed by atoms with Gasteiger partial charge in [-0.05, 0) is 24.5 Å². The maximum absolute atomic E-state index is 12.3. The highest BCUT2D eigenvalue weighted by molar-refractivity contribution is 5.79. The van der Waals surface area contributed by atoms with Gasteiger partial charge in [-0.1, -0.05) is 19.3 Å². The minimum Gasteiger partial charge on any atom is -0.481 e. The topological polar surface area (TPSA) is 77.2 Å². The van der Waals surface area contributed by atoms with Crippen LogP contribution in [0, 0.1) is 5.92 Å². The van der Waals surface area contributed by atoms with E-state index < -0.39 is 0 Å². The molecule has 0 aliphatic heterocycles. The van der Waals surface area contributed by atoms with Gasteiger partial charge in [0, 0.05) is 24.8 Å². The molecule has 5 heteroatoms. The first-order chi connectivity index (χ1) is 9.70. The van der Waals surface area contributed by atoms with Crippen molar-refractivity contribution in [3.05, 3.63) is 23.9 Å². The molecule has 0 saturated heterocycles. The number of nitrogens with two attached hydrogens (primary N) is 1. The lowest BCUT2D eigenvalue weighted by Crippen LogP contribution is -2.41. The summed E-state index contributed by atoms with van der Waals surface area (Å²) in [6.07, 6.45) is 6.92. The second kappa shape index (κ2) is 7.24. The molecule has 2 unspecified atom stereocenters. The summed E-state index contributed by atoms with van der Waals surface area (Å²) in [5.74, 6) is 0.569. The summed E-state index contributed by atoms with van der Waals surface area (Å²) in [4.78, 5) is 16.3. The Morgan fingerprint density at radius 3 is 3.05 bits per heavy atom. The number of carbonyl (C=O) groups is 1. The number of carbonyl (C=O) groups excluding carboxylic acids is 1. The van der Waals surface area contributed by atoms with Crippen LogP contribution in [0.4, 0.5) is 0 Å². The minimum absolute atomic E-state index is 0.00974. The summed E-state index contributed by atoms with van der Waals surface area (Å²) in [5.41, 5.74) is 7.08. The van der Waals surface area contributed by atoms with Crippen molar-refractivity contribution in [1.29, 1.82) is 0 Å². The fourth-order valence-electron chi connectivity index (χ4n) is 2.65. The molecule has 1 saturated carbocycles. The average Bonchev–Trinajstić information content (AvgIpc) is 2.69. The van der Waals surface area contributed by atoms with Gasteiger partial charge < -0.3 is 15.8 Å². The molecule has 0 bridgehead atoms. The van der Waals surface area contributed by atoms with Crippen LogP contribution in [0.25, 0.3) is 0 Å². The van der Waals surface area contributed by atoms with Crippen LogP contribution in [0.3, 0.4) is 0 Å². The molecule has 1 aliphatic carbocycles. The SMILES string of the molecule is COc1cc(CNC(=O)C2CCCCCC2N)ccn1. The van der Waals surface area contributed by atoms with Crippen molar-refractivity contribution in [1.82, 2.24) is 10.3 Å². The van der Waals surface area contributed by atoms with Gasteiger partial charge in [-0.2, -0.15) is 0 Å². The number of amides is 1. The number of hydrogen-bond acceptors (Lipinski definition) is 4. The monoisotopic (exact) mass is 277 g/mol. The van der Waals surface area contributed by atoms with Gasteiger partial charge in [-0.15, -0.1) is 0 Å². The molecule has 1 amide bonds. The Hall–Kier alpha value is -1.62. The molecule has 0 aromatic carbocycles. The van der Waals surface area contributed by atoms with Crippen molar-refractivity contribution >= 4 is 5.91 Å². The van der Waals surface area contributed by atoms with E-state index in [9.17, 15) is 4.79 Å². The van der Waals surface area contributed by atoms with Crippen LogP contribution in [0.2, 0.25) is 0 Å². The van der Waals surface area contributed by atoms with E-state index in [0.29, 0.717) is 12.4 Å². The van der Waals surface area contributed by atoms with Gasteiger partial charge in [-0.3, -0.25) is 4.79 Å². The zero-order valence-electron chi connectivity index (χ0n) is 12.0. The maximum atomic E-state index is 12.3. The Labute approximate surface area is 119 Å². The lowest BCUT2D eigenvalue weighted by atomic mass is 9.94. The molecule has 1 aliphatic rings. The van der Waals surface area contributed by atoms with Crippen LogP contribution in [-0.4, -0.2) is 24.0 Å². The van der Waals surface area contributed by atoms with Gasteiger partial charge in [0.25, 0.3) is 0 Å². The van der Waals surface area contributed by atoms with Gasteiger partial charge in [0.15, 0.2) is 0 Å². The van der Waals surface area contributed by atoms with Crippen LogP contribution in [0.15, 0.2) is 18.3 Å². The molecular weight excluding hydrogens is 254 g/mol. The predicted molar refractivity (Wildman–Crippen MR) is 77.2 cm³/mol. The standard InChI is InChI=1S/C15H23N3O2/c1-20-14-9-11(7-8-17-14)10-18-15(19)12-5-3-2-4-6-13(12)16/h7-9,12-13H,2-6,10,16H2,1H3,(H,18,19). The van der Waals surface area contributed by atoms with Crippen molar-refractivity contribution in [3.8, 4) is 5.88 Å². The zero-order chi connectivity index (χ0) is 14.4. The van der Waals surface area contributed by atoms with Gasteiger partial charge in [0.2, 0.25) is 11.8 Å². The Balaban J connectivity index is 1.90. The lowest BCUT2D eigenvalue weighted by Gasteiger charge is -2.20. The average molecular weight is 277 g/mol. The van der Waals surface area contributed by atoms with E-state index in [0.717, 1.165) is 31.2 Å². The van der Waals surface area contributed by atoms with E-state index in [1.807, 2.05) is 12.1 Å². The van der Waals surface area contributed by atoms with Gasteiger partial charge in [0.05, 0.1) is 13.0 Å². The summed E-state index contributed by atoms with van der Waals surface area (Å²) in [6, 6.07) is 3.69. The van der Waals surface area contributed by atoms with Crippen LogP contribution in [0.5, 0.6) is 5.88 Å². The third-order valence-electron chi connectivity index (χ3n) is 3.88. The van der Waals surface area contributed by atoms with E-state index in [4.69, 9.17) is 10.5 Å². The number of pyridine rings is 1. The highest BCUT2D eigenvalue weighted by atomic mass is 16.5. The molecular formula is C15H23N3O2. The number of nitrogens with zero attached hydrogens (tertiary/aromatic N) is 1. The van der Waals surface area contributed by atoms with Gasteiger partial charge in [-0.25, -0.2) is 4.98 Å². The van der Waals surface area contributed by atoms with Gasteiger partial charge in [0.1, 0.15) is 0 Å². The molecule has 0 radical (unpaired) electrons. The molecule has 3 N–H and O–H groups in total. The summed E-state index contributed by atoms with van der Waals surface area (Å²) in [6.45, 7) is 0.487. The predicted octanol–water partition coefficient (Wildman–Crippen LogP) is 1.61. The summed E-state index contributed by atoms with van der Waals surface area (Å²) >= 11 is 0. The van der Waals surface area contributed by atoms with Crippen molar-refractivity contribution in [2.75, 3.05) is 7.11 Å². The lowest BCUT2D eigenvalue weighted by molar-refractivity contribution is -0.126. The number of ether oxygens (including phenoxy) is 1. The summed E-state index contributed by atoms with van der Waals surface area (Å²) < 4.78 is 5.07. The first kappa shape index (κ1) is 14.8. The van der Waals surface area contributed by atoms with E-state index >= 15 is 0 Å². The number of aromatic nitrogens is 1. The van der Waals surface area contributed by atoms with E-state index in [2.05, 4.69) is 10.3 Å². The highest BCUT2D eigenvalue weighted by Gasteiger charge is 2.26. The largest absolute Gasteiger partial charge is 0.481 e. The normalized spacial score (nSPS) is 22.9. The zero-order valence-corrected chi connectivity index (χ0v) is 12.0. The Bertz CT molecular complexity index is 450. The van der Waals surface area contributed by atoms with E-state index in [1.165, 1.54) is 6.42 Å². The molecule has 110 valence electrons. The molecule has 2 rings (SSSR count). The fraction of sp³-hybridized carbons (Fsp3) is 0.600. The van der Waals surface area contributed by atoms with Crippen molar-refractivity contribution in [2.24, 2.45) is 11.7 Å². The quantitative estimate of drug-likeness (QED) is 0.820. The van der Waals surface area contributed by atoms with Crippen molar-refractivity contribution in [3.63, 3.8) is 0 Å². The van der Waals surface area contributed by atoms with Crippen LogP contribution >= 0.6 is 0 Å². The molecule has 0 spiro atoms. The van der Waals surface area contributed by atoms with Crippen molar-refractivity contribution in [2.45, 2.75) is 44.7 Å². The first-order valence-corrected chi connectivity index (χ1v) is 7.23. The molecule has 20 heavy (non-hydrogen) atoms. The third kappa shape index (κ3) is 3.93. The van der Waals surface area contributed by atoms with Crippen molar-refractivity contribution < 1.29 is 9.53 Å². The first-order valence-electron chi connectivity index (χ1n) is 7.23. The third-order valence-corrected chi connectivity index (χ3v) is 3.88. The number of rotatable bonds is 4.